The summed E-state index contributed by atoms with van der Waals surface area (Å²) in [5.41, 5.74) is 0. The highest BCUT2D eigenvalue weighted by Gasteiger charge is 2.23. The van der Waals surface area contributed by atoms with Gasteiger partial charge in [0.05, 0.1) is 7.11 Å². The van der Waals surface area contributed by atoms with Crippen molar-refractivity contribution in [1.29, 1.82) is 0 Å². The smallest absolute Gasteiger partial charge is 0.322 e. The maximum atomic E-state index is 5.84. The molecule has 2 heterocycles. The third-order valence-electron chi connectivity index (χ3n) is 3.26. The first-order valence-corrected chi connectivity index (χ1v) is 6.35. The van der Waals surface area contributed by atoms with Crippen molar-refractivity contribution < 1.29 is 4.74 Å². The lowest BCUT2D eigenvalue weighted by molar-refractivity contribution is 0.313. The summed E-state index contributed by atoms with van der Waals surface area (Å²) in [6, 6.07) is 0.785. The monoisotopic (exact) mass is 271 g/mol. The van der Waals surface area contributed by atoms with Crippen LogP contribution in [0.15, 0.2) is 0 Å². The average Bonchev–Trinajstić information content (AvgIpc) is 2.74. The van der Waals surface area contributed by atoms with Crippen molar-refractivity contribution in [2.24, 2.45) is 0 Å². The van der Waals surface area contributed by atoms with E-state index in [1.54, 1.807) is 0 Å². The predicted octanol–water partition coefficient (Wildman–Crippen LogP) is 1.06. The van der Waals surface area contributed by atoms with E-state index in [4.69, 9.17) is 16.3 Å². The summed E-state index contributed by atoms with van der Waals surface area (Å²) in [5, 5.41) is 0.156. The predicted molar refractivity (Wildman–Crippen MR) is 70.3 cm³/mol. The Bertz CT molecular complexity index is 416. The number of ether oxygens (including phenoxy) is 1. The molecule has 0 N–H and O–H groups in total. The lowest BCUT2D eigenvalue weighted by Gasteiger charge is -2.25. The van der Waals surface area contributed by atoms with Gasteiger partial charge < -0.3 is 14.5 Å². The Labute approximate surface area is 112 Å². The molecule has 1 fully saturated rings. The molecular formula is C11H18ClN5O. The van der Waals surface area contributed by atoms with Crippen molar-refractivity contribution in [2.45, 2.75) is 18.9 Å². The molecule has 0 aromatic carbocycles. The van der Waals surface area contributed by atoms with E-state index in [9.17, 15) is 0 Å². The zero-order chi connectivity index (χ0) is 13.1. The molecule has 0 amide bonds. The second-order valence-corrected chi connectivity index (χ2v) is 4.89. The van der Waals surface area contributed by atoms with Gasteiger partial charge in [-0.15, -0.1) is 0 Å². The fourth-order valence-corrected chi connectivity index (χ4v) is 2.34. The average molecular weight is 272 g/mol. The Hall–Kier alpha value is -1.14. The van der Waals surface area contributed by atoms with Crippen LogP contribution in [0, 0.1) is 0 Å². The van der Waals surface area contributed by atoms with Crippen LogP contribution >= 0.6 is 11.6 Å². The van der Waals surface area contributed by atoms with Gasteiger partial charge in [-0.05, 0) is 38.0 Å². The Kier molecular flexibility index (Phi) is 4.19. The molecule has 7 heteroatoms. The van der Waals surface area contributed by atoms with Gasteiger partial charge in [0, 0.05) is 19.6 Å². The Balaban J connectivity index is 2.08. The van der Waals surface area contributed by atoms with E-state index in [0.29, 0.717) is 12.0 Å². The molecular weight excluding hydrogens is 254 g/mol. The summed E-state index contributed by atoms with van der Waals surface area (Å²) in [6.07, 6.45) is 2.45. The van der Waals surface area contributed by atoms with E-state index in [0.717, 1.165) is 13.1 Å². The Morgan fingerprint density at radius 2 is 2.22 bits per heavy atom. The second-order valence-electron chi connectivity index (χ2n) is 4.55. The molecule has 1 aromatic rings. The number of hydrogen-bond acceptors (Lipinski definition) is 6. The van der Waals surface area contributed by atoms with Gasteiger partial charge in [-0.25, -0.2) is 0 Å². The van der Waals surface area contributed by atoms with Crippen LogP contribution in [0.1, 0.15) is 12.8 Å². The van der Waals surface area contributed by atoms with Crippen molar-refractivity contribution in [3.8, 4) is 6.01 Å². The zero-order valence-electron chi connectivity index (χ0n) is 10.9. The molecule has 1 aliphatic rings. The van der Waals surface area contributed by atoms with Crippen LogP contribution in [0.2, 0.25) is 5.28 Å². The highest BCUT2D eigenvalue weighted by Crippen LogP contribution is 2.19. The molecule has 1 unspecified atom stereocenters. The van der Waals surface area contributed by atoms with Gasteiger partial charge in [0.15, 0.2) is 0 Å². The summed E-state index contributed by atoms with van der Waals surface area (Å²) < 4.78 is 4.99. The first kappa shape index (κ1) is 13.3. The van der Waals surface area contributed by atoms with E-state index in [2.05, 4.69) is 26.9 Å². The number of halogens is 1. The summed E-state index contributed by atoms with van der Waals surface area (Å²) in [7, 11) is 5.62. The fraction of sp³-hybridized carbons (Fsp3) is 0.727. The van der Waals surface area contributed by atoms with Crippen molar-refractivity contribution in [3.63, 3.8) is 0 Å². The van der Waals surface area contributed by atoms with Gasteiger partial charge >= 0.3 is 6.01 Å². The van der Waals surface area contributed by atoms with Crippen molar-refractivity contribution >= 4 is 17.5 Å². The van der Waals surface area contributed by atoms with Gasteiger partial charge in [-0.1, -0.05) is 0 Å². The van der Waals surface area contributed by atoms with Crippen LogP contribution in [0.4, 0.5) is 5.95 Å². The maximum Gasteiger partial charge on any atom is 0.322 e. The summed E-state index contributed by atoms with van der Waals surface area (Å²) in [5.74, 6) is 0.548. The zero-order valence-corrected chi connectivity index (χ0v) is 11.7. The number of aromatic nitrogens is 3. The molecule has 1 aliphatic heterocycles. The van der Waals surface area contributed by atoms with Gasteiger partial charge in [-0.3, -0.25) is 0 Å². The highest BCUT2D eigenvalue weighted by atomic mass is 35.5. The van der Waals surface area contributed by atoms with Crippen LogP contribution < -0.4 is 9.64 Å². The van der Waals surface area contributed by atoms with Gasteiger partial charge in [-0.2, -0.15) is 15.0 Å². The molecule has 0 spiro atoms. The molecule has 6 nitrogen and oxygen atoms in total. The second kappa shape index (κ2) is 5.67. The number of anilines is 1. The molecule has 2 rings (SSSR count). The minimum Gasteiger partial charge on any atom is -0.467 e. The van der Waals surface area contributed by atoms with E-state index < -0.39 is 0 Å². The first-order valence-electron chi connectivity index (χ1n) is 5.97. The number of methoxy groups -OCH3 is 1. The number of nitrogens with zero attached hydrogens (tertiary/aromatic N) is 5. The SMILES string of the molecule is COc1nc(Cl)nc(N(C)CC2CCCN2C)n1. The normalized spacial score (nSPS) is 20.1. The number of hydrogen-bond donors (Lipinski definition) is 0. The van der Waals surface area contributed by atoms with Gasteiger partial charge in [0.25, 0.3) is 0 Å². The Morgan fingerprint density at radius 3 is 2.83 bits per heavy atom. The molecule has 1 aromatic heterocycles. The van der Waals surface area contributed by atoms with Gasteiger partial charge in [0.1, 0.15) is 0 Å². The Morgan fingerprint density at radius 1 is 1.44 bits per heavy atom. The maximum absolute atomic E-state index is 5.84. The third-order valence-corrected chi connectivity index (χ3v) is 3.42. The summed E-state index contributed by atoms with van der Waals surface area (Å²) >= 11 is 5.84. The molecule has 0 aliphatic carbocycles. The van der Waals surface area contributed by atoms with Crippen molar-refractivity contribution in [3.05, 3.63) is 5.28 Å². The third kappa shape index (κ3) is 3.00. The molecule has 0 bridgehead atoms. The number of likely N-dealkylation sites (tertiary alicyclic amines) is 1. The largest absolute Gasteiger partial charge is 0.467 e. The molecule has 18 heavy (non-hydrogen) atoms. The van der Waals surface area contributed by atoms with E-state index >= 15 is 0 Å². The standard InChI is InChI=1S/C11H18ClN5O/c1-16-6-4-5-8(16)7-17(2)10-13-9(12)14-11(15-10)18-3/h8H,4-7H2,1-3H3. The lowest BCUT2D eigenvalue weighted by atomic mass is 10.2. The molecule has 0 radical (unpaired) electrons. The van der Waals surface area contributed by atoms with E-state index in [-0.39, 0.29) is 11.3 Å². The van der Waals surface area contributed by atoms with Gasteiger partial charge in [0.2, 0.25) is 11.2 Å². The molecule has 1 saturated heterocycles. The topological polar surface area (TPSA) is 54.4 Å². The number of rotatable bonds is 4. The molecule has 100 valence electrons. The van der Waals surface area contributed by atoms with Crippen LogP contribution in [0.3, 0.4) is 0 Å². The number of likely N-dealkylation sites (N-methyl/N-ethyl adjacent to an activating group) is 2. The molecule has 1 atom stereocenters. The quantitative estimate of drug-likeness (QED) is 0.816. The van der Waals surface area contributed by atoms with Crippen molar-refractivity contribution in [2.75, 3.05) is 39.2 Å². The van der Waals surface area contributed by atoms with Crippen LogP contribution in [0.25, 0.3) is 0 Å². The van der Waals surface area contributed by atoms with E-state index in [1.165, 1.54) is 20.0 Å². The van der Waals surface area contributed by atoms with Crippen molar-refractivity contribution in [1.82, 2.24) is 19.9 Å². The van der Waals surface area contributed by atoms with Crippen LogP contribution in [-0.4, -0.2) is 60.2 Å². The lowest BCUT2D eigenvalue weighted by Crippen LogP contribution is -2.37. The van der Waals surface area contributed by atoms with Crippen LogP contribution in [0.5, 0.6) is 6.01 Å². The minimum atomic E-state index is 0.156. The fourth-order valence-electron chi connectivity index (χ4n) is 2.19. The highest BCUT2D eigenvalue weighted by molar-refractivity contribution is 6.28. The summed E-state index contributed by atoms with van der Waals surface area (Å²) in [4.78, 5) is 16.5. The van der Waals surface area contributed by atoms with Crippen LogP contribution in [-0.2, 0) is 0 Å². The molecule has 0 saturated carbocycles. The minimum absolute atomic E-state index is 0.156. The summed E-state index contributed by atoms with van der Waals surface area (Å²) in [6.45, 7) is 2.03. The van der Waals surface area contributed by atoms with E-state index in [1.807, 2.05) is 11.9 Å². The first-order chi connectivity index (χ1) is 8.60.